The predicted molar refractivity (Wildman–Crippen MR) is 63.8 cm³/mol. The Morgan fingerprint density at radius 1 is 1.29 bits per heavy atom. The highest BCUT2D eigenvalue weighted by Gasteiger charge is 2.52. The normalized spacial score (nSPS) is 21.0. The fraction of sp³-hybridized carbons (Fsp3) is 0.385. The molecule has 0 bridgehead atoms. The van der Waals surface area contributed by atoms with E-state index < -0.39 is 0 Å². The number of hydrogen-bond donors (Lipinski definition) is 0. The van der Waals surface area contributed by atoms with Gasteiger partial charge in [0.2, 0.25) is 0 Å². The molecule has 1 aliphatic heterocycles. The second-order valence-corrected chi connectivity index (χ2v) is 5.11. The van der Waals surface area contributed by atoms with Gasteiger partial charge in [0.25, 0.3) is 5.91 Å². The SMILES string of the molecule is CN1C(=O)c2c3ccccc3nn2CC12CC2. The number of fused-ring (bicyclic) bond motifs is 3. The van der Waals surface area contributed by atoms with Crippen molar-refractivity contribution >= 4 is 16.8 Å². The van der Waals surface area contributed by atoms with Crippen LogP contribution in [0.5, 0.6) is 0 Å². The van der Waals surface area contributed by atoms with Crippen molar-refractivity contribution in [3.05, 3.63) is 30.0 Å². The zero-order valence-corrected chi connectivity index (χ0v) is 9.68. The van der Waals surface area contributed by atoms with Crippen LogP contribution in [0.15, 0.2) is 24.3 Å². The first-order valence-electron chi connectivity index (χ1n) is 5.95. The van der Waals surface area contributed by atoms with E-state index in [-0.39, 0.29) is 11.4 Å². The molecule has 1 fully saturated rings. The van der Waals surface area contributed by atoms with E-state index in [0.717, 1.165) is 36.0 Å². The quantitative estimate of drug-likeness (QED) is 0.686. The monoisotopic (exact) mass is 227 g/mol. The van der Waals surface area contributed by atoms with Gasteiger partial charge in [-0.25, -0.2) is 0 Å². The van der Waals surface area contributed by atoms with Gasteiger partial charge in [0.1, 0.15) is 5.69 Å². The van der Waals surface area contributed by atoms with E-state index in [0.29, 0.717) is 0 Å². The molecule has 2 aromatic rings. The number of aromatic nitrogens is 2. The van der Waals surface area contributed by atoms with Crippen LogP contribution in [-0.4, -0.2) is 33.2 Å². The van der Waals surface area contributed by atoms with Crippen molar-refractivity contribution in [3.8, 4) is 0 Å². The Hall–Kier alpha value is -1.84. The lowest BCUT2D eigenvalue weighted by Crippen LogP contribution is -2.47. The Morgan fingerprint density at radius 2 is 2.06 bits per heavy atom. The summed E-state index contributed by atoms with van der Waals surface area (Å²) in [7, 11) is 1.92. The average molecular weight is 227 g/mol. The number of likely N-dealkylation sites (N-methyl/N-ethyl adjacent to an activating group) is 1. The Labute approximate surface area is 98.8 Å². The van der Waals surface area contributed by atoms with Crippen LogP contribution in [0.2, 0.25) is 0 Å². The van der Waals surface area contributed by atoms with Gasteiger partial charge in [-0.1, -0.05) is 18.2 Å². The van der Waals surface area contributed by atoms with Crippen molar-refractivity contribution in [1.82, 2.24) is 14.7 Å². The second kappa shape index (κ2) is 2.70. The molecule has 0 N–H and O–H groups in total. The summed E-state index contributed by atoms with van der Waals surface area (Å²) in [4.78, 5) is 14.3. The first-order valence-corrected chi connectivity index (χ1v) is 5.95. The highest BCUT2D eigenvalue weighted by Crippen LogP contribution is 2.46. The molecule has 0 atom stereocenters. The molecule has 1 spiro atoms. The fourth-order valence-corrected chi connectivity index (χ4v) is 2.82. The van der Waals surface area contributed by atoms with Crippen LogP contribution in [0.25, 0.3) is 10.9 Å². The molecule has 4 rings (SSSR count). The minimum Gasteiger partial charge on any atom is -0.333 e. The van der Waals surface area contributed by atoms with Crippen molar-refractivity contribution in [2.75, 3.05) is 7.05 Å². The maximum Gasteiger partial charge on any atom is 0.273 e. The maximum atomic E-state index is 12.4. The number of rotatable bonds is 0. The van der Waals surface area contributed by atoms with Crippen molar-refractivity contribution in [2.45, 2.75) is 24.9 Å². The van der Waals surface area contributed by atoms with Crippen molar-refractivity contribution in [2.24, 2.45) is 0 Å². The number of amides is 1. The minimum atomic E-state index is 0.0616. The summed E-state index contributed by atoms with van der Waals surface area (Å²) in [5.74, 6) is 0.113. The maximum absolute atomic E-state index is 12.4. The molecule has 0 radical (unpaired) electrons. The third-order valence-electron chi connectivity index (χ3n) is 4.14. The van der Waals surface area contributed by atoms with Crippen LogP contribution in [0.1, 0.15) is 23.3 Å². The fourth-order valence-electron chi connectivity index (χ4n) is 2.82. The molecule has 1 aliphatic carbocycles. The van der Waals surface area contributed by atoms with Gasteiger partial charge in [0.05, 0.1) is 17.6 Å². The molecule has 0 unspecified atom stereocenters. The van der Waals surface area contributed by atoms with Gasteiger partial charge in [-0.2, -0.15) is 5.10 Å². The number of hydrogen-bond acceptors (Lipinski definition) is 2. The molecule has 0 saturated heterocycles. The standard InChI is InChI=1S/C13H13N3O/c1-15-12(17)11-9-4-2-3-5-10(9)14-16(11)8-13(15)6-7-13/h2-5H,6-8H2,1H3. The Balaban J connectivity index is 2.01. The number of carbonyl (C=O) groups is 1. The average Bonchev–Trinajstić information content (AvgIpc) is 3.00. The minimum absolute atomic E-state index is 0.0616. The summed E-state index contributed by atoms with van der Waals surface area (Å²) in [6, 6.07) is 7.86. The van der Waals surface area contributed by atoms with Gasteiger partial charge in [-0.05, 0) is 18.9 Å². The van der Waals surface area contributed by atoms with E-state index in [4.69, 9.17) is 0 Å². The van der Waals surface area contributed by atoms with Gasteiger partial charge in [-0.15, -0.1) is 0 Å². The summed E-state index contributed by atoms with van der Waals surface area (Å²) < 4.78 is 1.90. The molecule has 1 amide bonds. The molecular formula is C13H13N3O. The smallest absolute Gasteiger partial charge is 0.273 e. The molecule has 2 aliphatic rings. The molecule has 1 aromatic carbocycles. The van der Waals surface area contributed by atoms with Gasteiger partial charge >= 0.3 is 0 Å². The van der Waals surface area contributed by atoms with E-state index in [1.54, 1.807) is 0 Å². The van der Waals surface area contributed by atoms with Gasteiger partial charge < -0.3 is 4.90 Å². The molecule has 4 nitrogen and oxygen atoms in total. The van der Waals surface area contributed by atoms with Gasteiger partial charge in [0, 0.05) is 12.4 Å². The number of nitrogens with zero attached hydrogens (tertiary/aromatic N) is 3. The van der Waals surface area contributed by atoms with E-state index in [9.17, 15) is 4.79 Å². The van der Waals surface area contributed by atoms with Crippen LogP contribution in [0.3, 0.4) is 0 Å². The molecule has 1 saturated carbocycles. The van der Waals surface area contributed by atoms with Crippen molar-refractivity contribution in [1.29, 1.82) is 0 Å². The first kappa shape index (κ1) is 9.22. The van der Waals surface area contributed by atoms with E-state index in [2.05, 4.69) is 5.10 Å². The third-order valence-corrected chi connectivity index (χ3v) is 4.14. The molecular weight excluding hydrogens is 214 g/mol. The zero-order chi connectivity index (χ0) is 11.6. The van der Waals surface area contributed by atoms with E-state index >= 15 is 0 Å². The summed E-state index contributed by atoms with van der Waals surface area (Å²) >= 11 is 0. The van der Waals surface area contributed by atoms with Crippen LogP contribution in [-0.2, 0) is 6.54 Å². The lowest BCUT2D eigenvalue weighted by Gasteiger charge is -2.33. The molecule has 2 heterocycles. The number of benzene rings is 1. The highest BCUT2D eigenvalue weighted by atomic mass is 16.2. The first-order chi connectivity index (χ1) is 8.21. The molecule has 86 valence electrons. The predicted octanol–water partition coefficient (Wildman–Crippen LogP) is 1.65. The highest BCUT2D eigenvalue weighted by molar-refractivity contribution is 6.05. The molecule has 4 heteroatoms. The lowest BCUT2D eigenvalue weighted by molar-refractivity contribution is 0.0615. The largest absolute Gasteiger partial charge is 0.333 e. The molecule has 1 aromatic heterocycles. The Bertz CT molecular complexity index is 639. The van der Waals surface area contributed by atoms with Crippen molar-refractivity contribution in [3.63, 3.8) is 0 Å². The Kier molecular flexibility index (Phi) is 1.46. The van der Waals surface area contributed by atoms with Crippen LogP contribution in [0.4, 0.5) is 0 Å². The van der Waals surface area contributed by atoms with Crippen LogP contribution in [0, 0.1) is 0 Å². The van der Waals surface area contributed by atoms with E-state index in [1.165, 1.54) is 0 Å². The molecule has 17 heavy (non-hydrogen) atoms. The third kappa shape index (κ3) is 1.03. The van der Waals surface area contributed by atoms with Gasteiger partial charge in [0.15, 0.2) is 0 Å². The zero-order valence-electron chi connectivity index (χ0n) is 9.68. The summed E-state index contributed by atoms with van der Waals surface area (Å²) in [6.45, 7) is 0.846. The van der Waals surface area contributed by atoms with E-state index in [1.807, 2.05) is 40.9 Å². The summed E-state index contributed by atoms with van der Waals surface area (Å²) in [5.41, 5.74) is 1.73. The van der Waals surface area contributed by atoms with Crippen LogP contribution < -0.4 is 0 Å². The summed E-state index contributed by atoms with van der Waals surface area (Å²) in [5, 5.41) is 5.51. The van der Waals surface area contributed by atoms with Gasteiger partial charge in [-0.3, -0.25) is 9.48 Å². The second-order valence-electron chi connectivity index (χ2n) is 5.11. The Morgan fingerprint density at radius 3 is 2.82 bits per heavy atom. The summed E-state index contributed by atoms with van der Waals surface area (Å²) in [6.07, 6.45) is 2.20. The topological polar surface area (TPSA) is 38.1 Å². The van der Waals surface area contributed by atoms with Crippen molar-refractivity contribution < 1.29 is 4.79 Å². The lowest BCUT2D eigenvalue weighted by atomic mass is 10.1. The number of carbonyl (C=O) groups excluding carboxylic acids is 1. The van der Waals surface area contributed by atoms with Crippen LogP contribution >= 0.6 is 0 Å².